The number of rotatable bonds is 5. The van der Waals surface area contributed by atoms with Crippen molar-refractivity contribution in [1.82, 2.24) is 5.01 Å². The molecule has 3 aliphatic rings. The highest BCUT2D eigenvalue weighted by Gasteiger charge is 2.59. The van der Waals surface area contributed by atoms with Crippen molar-refractivity contribution in [1.29, 1.82) is 0 Å². The Bertz CT molecular complexity index is 1080. The quantitative estimate of drug-likeness (QED) is 0.332. The second-order valence-corrected chi connectivity index (χ2v) is 9.21. The third-order valence-electron chi connectivity index (χ3n) is 6.09. The molecule has 1 saturated carbocycles. The van der Waals surface area contributed by atoms with E-state index in [-0.39, 0.29) is 42.1 Å². The van der Waals surface area contributed by atoms with Crippen molar-refractivity contribution in [3.05, 3.63) is 74.7 Å². The minimum absolute atomic E-state index is 0.146. The van der Waals surface area contributed by atoms with E-state index in [4.69, 9.17) is 39.5 Å². The van der Waals surface area contributed by atoms with Gasteiger partial charge in [0.25, 0.3) is 11.8 Å². The number of ether oxygens (including phenoxy) is 1. The predicted molar refractivity (Wildman–Crippen MR) is 119 cm³/mol. The molecular weight excluding hydrogens is 459 g/mol. The lowest BCUT2D eigenvalue weighted by molar-refractivity contribution is -0.140. The number of halogens is 3. The van der Waals surface area contributed by atoms with Gasteiger partial charge in [0, 0.05) is 5.02 Å². The smallest absolute Gasteiger partial charge is 0.254 e. The Morgan fingerprint density at radius 2 is 1.55 bits per heavy atom. The fraction of sp³-hybridized carbons (Fsp3) is 0.261. The zero-order valence-electron chi connectivity index (χ0n) is 16.2. The molecule has 158 valence electrons. The third kappa shape index (κ3) is 3.65. The van der Waals surface area contributed by atoms with E-state index in [0.717, 1.165) is 17.0 Å². The van der Waals surface area contributed by atoms with Gasteiger partial charge in [-0.15, -0.1) is 0 Å². The minimum atomic E-state index is -0.282. The lowest BCUT2D eigenvalue weighted by atomic mass is 9.85. The molecule has 0 radical (unpaired) electrons. The predicted octanol–water partition coefficient (Wildman–Crippen LogP) is 5.37. The van der Waals surface area contributed by atoms with Crippen LogP contribution in [0.4, 0.5) is 0 Å². The number of fused-ring (bicyclic) bond motifs is 5. The second kappa shape index (κ2) is 7.97. The van der Waals surface area contributed by atoms with Crippen LogP contribution in [0.15, 0.2) is 53.7 Å². The summed E-state index contributed by atoms with van der Waals surface area (Å²) in [7, 11) is 0. The Hall–Kier alpha value is -2.34. The number of hydrogen-bond donors (Lipinski definition) is 0. The fourth-order valence-electron chi connectivity index (χ4n) is 4.65. The molecule has 0 aromatic heterocycles. The molecule has 0 N–H and O–H groups in total. The van der Waals surface area contributed by atoms with Crippen LogP contribution in [0.2, 0.25) is 15.1 Å². The topological polar surface area (TPSA) is 59.0 Å². The highest BCUT2D eigenvalue weighted by atomic mass is 35.5. The molecule has 2 amide bonds. The lowest BCUT2D eigenvalue weighted by Gasteiger charge is -2.13. The highest BCUT2D eigenvalue weighted by molar-refractivity contribution is 6.37. The van der Waals surface area contributed by atoms with E-state index in [2.05, 4.69) is 5.10 Å². The number of hydrogen-bond acceptors (Lipinski definition) is 4. The lowest BCUT2D eigenvalue weighted by Crippen LogP contribution is -2.28. The van der Waals surface area contributed by atoms with Crippen LogP contribution < -0.4 is 4.74 Å². The summed E-state index contributed by atoms with van der Waals surface area (Å²) >= 11 is 18.6. The number of benzene rings is 2. The summed E-state index contributed by atoms with van der Waals surface area (Å²) in [5, 5.41) is 6.41. The van der Waals surface area contributed by atoms with Gasteiger partial charge < -0.3 is 4.74 Å². The fourth-order valence-corrected chi connectivity index (χ4v) is 5.39. The van der Waals surface area contributed by atoms with Gasteiger partial charge >= 0.3 is 0 Å². The number of carbonyl (C=O) groups is 2. The molecular formula is C23H17Cl3N2O3. The van der Waals surface area contributed by atoms with Crippen molar-refractivity contribution in [2.75, 3.05) is 0 Å². The van der Waals surface area contributed by atoms with Crippen LogP contribution in [0.25, 0.3) is 0 Å². The molecule has 5 nitrogen and oxygen atoms in total. The molecule has 31 heavy (non-hydrogen) atoms. The van der Waals surface area contributed by atoms with Crippen LogP contribution in [0.3, 0.4) is 0 Å². The van der Waals surface area contributed by atoms with E-state index in [1.165, 1.54) is 6.21 Å². The maximum absolute atomic E-state index is 12.7. The number of imide groups is 1. The first-order valence-electron chi connectivity index (χ1n) is 9.89. The zero-order valence-corrected chi connectivity index (χ0v) is 18.4. The first-order chi connectivity index (χ1) is 14.9. The highest BCUT2D eigenvalue weighted by Crippen LogP contribution is 2.52. The van der Waals surface area contributed by atoms with E-state index in [1.807, 2.05) is 24.3 Å². The summed E-state index contributed by atoms with van der Waals surface area (Å²) in [6.07, 6.45) is 6.40. The van der Waals surface area contributed by atoms with Gasteiger partial charge in [-0.1, -0.05) is 59.1 Å². The third-order valence-corrected chi connectivity index (χ3v) is 6.90. The zero-order chi connectivity index (χ0) is 21.7. The standard InChI is InChI=1S/C23H17Cl3N2O3/c24-16-5-1-12(2-6-16)11-31-21-17(25)7-13(8-18(21)26)10-27-28-22(29)19-14-3-4-15(9-14)20(19)23(28)30/h1-8,10,14-15,19-20H,9,11H2. The first-order valence-corrected chi connectivity index (χ1v) is 11.0. The molecule has 1 heterocycles. The number of hydrazone groups is 1. The summed E-state index contributed by atoms with van der Waals surface area (Å²) in [5.41, 5.74) is 1.48. The number of nitrogens with zero attached hydrogens (tertiary/aromatic N) is 2. The van der Waals surface area contributed by atoms with Crippen molar-refractivity contribution in [2.45, 2.75) is 13.0 Å². The van der Waals surface area contributed by atoms with Crippen molar-refractivity contribution < 1.29 is 14.3 Å². The summed E-state index contributed by atoms with van der Waals surface area (Å²) in [6.45, 7) is 0.278. The Kier molecular flexibility index (Phi) is 5.29. The SMILES string of the molecule is O=C1C2C3C=CC(C3)C2C(=O)N1N=Cc1cc(Cl)c(OCc2ccc(Cl)cc2)c(Cl)c1. The van der Waals surface area contributed by atoms with E-state index < -0.39 is 0 Å². The van der Waals surface area contributed by atoms with E-state index in [0.29, 0.717) is 26.4 Å². The van der Waals surface area contributed by atoms with Gasteiger partial charge in [-0.2, -0.15) is 10.1 Å². The summed E-state index contributed by atoms with van der Waals surface area (Å²) in [4.78, 5) is 25.4. The molecule has 2 bridgehead atoms. The minimum Gasteiger partial charge on any atom is -0.486 e. The number of carbonyl (C=O) groups excluding carboxylic acids is 2. The summed E-state index contributed by atoms with van der Waals surface area (Å²) in [6, 6.07) is 10.5. The Labute approximate surface area is 194 Å². The van der Waals surface area contributed by atoms with Crippen LogP contribution in [0, 0.1) is 23.7 Å². The average molecular weight is 476 g/mol. The van der Waals surface area contributed by atoms with Gasteiger partial charge in [-0.25, -0.2) is 0 Å². The van der Waals surface area contributed by atoms with Gasteiger partial charge in [0.05, 0.1) is 28.1 Å². The number of amides is 2. The largest absolute Gasteiger partial charge is 0.486 e. The first kappa shape index (κ1) is 20.6. The van der Waals surface area contributed by atoms with Crippen molar-refractivity contribution in [3.8, 4) is 5.75 Å². The van der Waals surface area contributed by atoms with Gasteiger partial charge in [0.1, 0.15) is 6.61 Å². The van der Waals surface area contributed by atoms with Crippen molar-refractivity contribution >= 4 is 52.8 Å². The van der Waals surface area contributed by atoms with Crippen LogP contribution in [-0.4, -0.2) is 23.0 Å². The summed E-state index contributed by atoms with van der Waals surface area (Å²) < 4.78 is 5.76. The Morgan fingerprint density at radius 1 is 0.968 bits per heavy atom. The monoisotopic (exact) mass is 474 g/mol. The average Bonchev–Trinajstić information content (AvgIpc) is 3.42. The molecule has 1 saturated heterocycles. The van der Waals surface area contributed by atoms with Crippen LogP contribution in [-0.2, 0) is 16.2 Å². The van der Waals surface area contributed by atoms with Crippen molar-refractivity contribution in [3.63, 3.8) is 0 Å². The molecule has 2 aliphatic carbocycles. The maximum Gasteiger partial charge on any atom is 0.254 e. The molecule has 1 aliphatic heterocycles. The molecule has 2 aromatic carbocycles. The van der Waals surface area contributed by atoms with Gasteiger partial charge in [-0.05, 0) is 53.6 Å². The van der Waals surface area contributed by atoms with Crippen LogP contribution >= 0.6 is 34.8 Å². The van der Waals surface area contributed by atoms with Gasteiger partial charge in [0.15, 0.2) is 5.75 Å². The molecule has 8 heteroatoms. The van der Waals surface area contributed by atoms with Crippen LogP contribution in [0.5, 0.6) is 5.75 Å². The summed E-state index contributed by atoms with van der Waals surface area (Å²) in [5.74, 6) is -0.390. The Morgan fingerprint density at radius 3 is 2.13 bits per heavy atom. The molecule has 0 spiro atoms. The van der Waals surface area contributed by atoms with Crippen molar-refractivity contribution in [2.24, 2.45) is 28.8 Å². The molecule has 2 fully saturated rings. The van der Waals surface area contributed by atoms with Gasteiger partial charge in [0.2, 0.25) is 0 Å². The maximum atomic E-state index is 12.7. The van der Waals surface area contributed by atoms with Crippen LogP contribution in [0.1, 0.15) is 17.5 Å². The van der Waals surface area contributed by atoms with E-state index in [1.54, 1.807) is 24.3 Å². The Balaban J connectivity index is 1.30. The molecule has 5 rings (SSSR count). The number of allylic oxidation sites excluding steroid dienone is 2. The van der Waals surface area contributed by atoms with E-state index >= 15 is 0 Å². The molecule has 4 unspecified atom stereocenters. The van der Waals surface area contributed by atoms with Gasteiger partial charge in [-0.3, -0.25) is 9.59 Å². The second-order valence-electron chi connectivity index (χ2n) is 7.96. The molecule has 2 aromatic rings. The normalized spacial score (nSPS) is 26.4. The molecule has 4 atom stereocenters. The van der Waals surface area contributed by atoms with E-state index in [9.17, 15) is 9.59 Å².